The molecule has 0 radical (unpaired) electrons. The molecule has 0 saturated heterocycles. The summed E-state index contributed by atoms with van der Waals surface area (Å²) in [6.45, 7) is 0.375. The number of carbonyl (C=O) groups is 1. The van der Waals surface area contributed by atoms with Crippen LogP contribution in [0.1, 0.15) is 28.8 Å². The van der Waals surface area contributed by atoms with Crippen LogP contribution in [-0.4, -0.2) is 21.8 Å². The molecule has 0 spiro atoms. The highest BCUT2D eigenvalue weighted by Gasteiger charge is 2.33. The maximum Gasteiger partial charge on any atom is 0.255 e. The van der Waals surface area contributed by atoms with E-state index in [1.165, 1.54) is 30.5 Å². The second-order valence-corrected chi connectivity index (χ2v) is 5.24. The first-order chi connectivity index (χ1) is 10.1. The molecule has 4 nitrogen and oxygen atoms in total. The number of aromatic amines is 1. The van der Waals surface area contributed by atoms with Gasteiger partial charge in [0.25, 0.3) is 5.91 Å². The largest absolute Gasteiger partial charge is 0.331 e. The topological polar surface area (TPSA) is 53.2 Å². The second-order valence-electron chi connectivity index (χ2n) is 5.24. The summed E-state index contributed by atoms with van der Waals surface area (Å²) in [5.74, 6) is -0.447. The number of rotatable bonds is 4. The van der Waals surface area contributed by atoms with Crippen LogP contribution in [0, 0.1) is 5.82 Å². The lowest BCUT2D eigenvalue weighted by Crippen LogP contribution is -2.33. The SMILES string of the molecule is O=C(c1ccc(=O)[nH]c1)N(Cc1cccc(F)c1)C1CC1. The van der Waals surface area contributed by atoms with Crippen LogP contribution in [-0.2, 0) is 6.54 Å². The van der Waals surface area contributed by atoms with Crippen molar-refractivity contribution in [3.05, 3.63) is 69.9 Å². The Morgan fingerprint density at radius 1 is 1.29 bits per heavy atom. The fraction of sp³-hybridized carbons (Fsp3) is 0.250. The van der Waals surface area contributed by atoms with Crippen molar-refractivity contribution in [2.75, 3.05) is 0 Å². The molecule has 0 aliphatic heterocycles. The van der Waals surface area contributed by atoms with Crippen molar-refractivity contribution in [1.82, 2.24) is 9.88 Å². The van der Waals surface area contributed by atoms with E-state index in [0.29, 0.717) is 12.1 Å². The van der Waals surface area contributed by atoms with Crippen molar-refractivity contribution in [3.63, 3.8) is 0 Å². The van der Waals surface area contributed by atoms with E-state index in [1.807, 2.05) is 0 Å². The maximum absolute atomic E-state index is 13.3. The van der Waals surface area contributed by atoms with E-state index in [1.54, 1.807) is 17.0 Å². The van der Waals surface area contributed by atoms with E-state index in [9.17, 15) is 14.0 Å². The zero-order chi connectivity index (χ0) is 14.8. The zero-order valence-electron chi connectivity index (χ0n) is 11.4. The molecule has 0 atom stereocenters. The molecule has 1 fully saturated rings. The molecular weight excluding hydrogens is 271 g/mol. The number of nitrogens with one attached hydrogen (secondary N) is 1. The van der Waals surface area contributed by atoms with E-state index in [2.05, 4.69) is 4.98 Å². The fourth-order valence-electron chi connectivity index (χ4n) is 2.29. The summed E-state index contributed by atoms with van der Waals surface area (Å²) in [6, 6.07) is 9.32. The van der Waals surface area contributed by atoms with Gasteiger partial charge in [-0.3, -0.25) is 9.59 Å². The lowest BCUT2D eigenvalue weighted by molar-refractivity contribution is 0.0729. The first kappa shape index (κ1) is 13.5. The number of pyridine rings is 1. The number of hydrogen-bond donors (Lipinski definition) is 1. The molecule has 1 N–H and O–H groups in total. The standard InChI is InChI=1S/C16H15FN2O2/c17-13-3-1-2-11(8-13)10-19(14-5-6-14)16(21)12-4-7-15(20)18-9-12/h1-4,7-9,14H,5-6,10H2,(H,18,20). The molecule has 108 valence electrons. The number of benzene rings is 1. The molecule has 3 rings (SSSR count). The molecular formula is C16H15FN2O2. The van der Waals surface area contributed by atoms with Gasteiger partial charge in [-0.1, -0.05) is 12.1 Å². The molecule has 1 amide bonds. The number of hydrogen-bond acceptors (Lipinski definition) is 2. The van der Waals surface area contributed by atoms with Gasteiger partial charge in [0.05, 0.1) is 5.56 Å². The Morgan fingerprint density at radius 3 is 2.71 bits per heavy atom. The van der Waals surface area contributed by atoms with Crippen LogP contribution in [0.25, 0.3) is 0 Å². The number of carbonyl (C=O) groups excluding carboxylic acids is 1. The Bertz CT molecular complexity index is 702. The van der Waals surface area contributed by atoms with E-state index >= 15 is 0 Å². The van der Waals surface area contributed by atoms with E-state index in [0.717, 1.165) is 18.4 Å². The van der Waals surface area contributed by atoms with Gasteiger partial charge in [0, 0.05) is 24.8 Å². The van der Waals surface area contributed by atoms with Crippen molar-refractivity contribution in [2.45, 2.75) is 25.4 Å². The fourth-order valence-corrected chi connectivity index (χ4v) is 2.29. The molecule has 0 bridgehead atoms. The third-order valence-corrected chi connectivity index (χ3v) is 3.52. The van der Waals surface area contributed by atoms with Crippen molar-refractivity contribution in [2.24, 2.45) is 0 Å². The van der Waals surface area contributed by atoms with Crippen LogP contribution >= 0.6 is 0 Å². The summed E-state index contributed by atoms with van der Waals surface area (Å²) >= 11 is 0. The summed E-state index contributed by atoms with van der Waals surface area (Å²) in [5, 5.41) is 0. The summed E-state index contributed by atoms with van der Waals surface area (Å²) in [5.41, 5.74) is 0.965. The van der Waals surface area contributed by atoms with Crippen molar-refractivity contribution < 1.29 is 9.18 Å². The lowest BCUT2D eigenvalue weighted by Gasteiger charge is -2.22. The Morgan fingerprint density at radius 2 is 2.10 bits per heavy atom. The van der Waals surface area contributed by atoms with Gasteiger partial charge in [-0.05, 0) is 36.6 Å². The van der Waals surface area contributed by atoms with Gasteiger partial charge in [-0.2, -0.15) is 0 Å². The third-order valence-electron chi connectivity index (χ3n) is 3.52. The summed E-state index contributed by atoms with van der Waals surface area (Å²) in [6.07, 6.45) is 3.35. The monoisotopic (exact) mass is 286 g/mol. The highest BCUT2D eigenvalue weighted by atomic mass is 19.1. The van der Waals surface area contributed by atoms with E-state index in [-0.39, 0.29) is 23.3 Å². The third kappa shape index (κ3) is 3.18. The van der Waals surface area contributed by atoms with Crippen LogP contribution in [0.2, 0.25) is 0 Å². The molecule has 1 aliphatic rings. The minimum absolute atomic E-state index is 0.141. The van der Waals surface area contributed by atoms with Gasteiger partial charge in [-0.15, -0.1) is 0 Å². The summed E-state index contributed by atoms with van der Waals surface area (Å²) in [4.78, 5) is 27.8. The predicted octanol–water partition coefficient (Wildman–Crippen LogP) is 2.32. The summed E-state index contributed by atoms with van der Waals surface area (Å²) in [7, 11) is 0. The molecule has 0 unspecified atom stereocenters. The normalized spacial score (nSPS) is 14.0. The average molecular weight is 286 g/mol. The second kappa shape index (κ2) is 5.52. The average Bonchev–Trinajstić information content (AvgIpc) is 3.29. The van der Waals surface area contributed by atoms with E-state index in [4.69, 9.17) is 0 Å². The highest BCUT2D eigenvalue weighted by Crippen LogP contribution is 2.29. The van der Waals surface area contributed by atoms with Crippen molar-refractivity contribution in [1.29, 1.82) is 0 Å². The quantitative estimate of drug-likeness (QED) is 0.937. The predicted molar refractivity (Wildman–Crippen MR) is 76.4 cm³/mol. The smallest absolute Gasteiger partial charge is 0.255 e. The number of nitrogens with zero attached hydrogens (tertiary/aromatic N) is 1. The number of aromatic nitrogens is 1. The number of amides is 1. The van der Waals surface area contributed by atoms with Gasteiger partial charge >= 0.3 is 0 Å². The molecule has 2 aromatic rings. The maximum atomic E-state index is 13.3. The molecule has 21 heavy (non-hydrogen) atoms. The molecule has 1 aromatic heterocycles. The Hall–Kier alpha value is -2.43. The van der Waals surface area contributed by atoms with Crippen LogP contribution in [0.3, 0.4) is 0 Å². The van der Waals surface area contributed by atoms with Gasteiger partial charge in [0.2, 0.25) is 5.56 Å². The van der Waals surface area contributed by atoms with Gasteiger partial charge in [0.15, 0.2) is 0 Å². The van der Waals surface area contributed by atoms with Crippen LogP contribution in [0.15, 0.2) is 47.4 Å². The first-order valence-corrected chi connectivity index (χ1v) is 6.87. The summed E-state index contributed by atoms with van der Waals surface area (Å²) < 4.78 is 13.3. The minimum atomic E-state index is -0.306. The number of halogens is 1. The molecule has 1 saturated carbocycles. The Balaban J connectivity index is 1.83. The Kier molecular flexibility index (Phi) is 3.56. The van der Waals surface area contributed by atoms with Crippen LogP contribution < -0.4 is 5.56 Å². The van der Waals surface area contributed by atoms with Crippen LogP contribution in [0.5, 0.6) is 0 Å². The Labute approximate surface area is 121 Å². The van der Waals surface area contributed by atoms with Crippen molar-refractivity contribution in [3.8, 4) is 0 Å². The van der Waals surface area contributed by atoms with Crippen molar-refractivity contribution >= 4 is 5.91 Å². The molecule has 1 heterocycles. The van der Waals surface area contributed by atoms with Gasteiger partial charge in [0.1, 0.15) is 5.82 Å². The van der Waals surface area contributed by atoms with E-state index < -0.39 is 0 Å². The minimum Gasteiger partial charge on any atom is -0.331 e. The lowest BCUT2D eigenvalue weighted by atomic mass is 10.1. The number of H-pyrrole nitrogens is 1. The van der Waals surface area contributed by atoms with Gasteiger partial charge in [-0.25, -0.2) is 4.39 Å². The first-order valence-electron chi connectivity index (χ1n) is 6.87. The van der Waals surface area contributed by atoms with Crippen LogP contribution in [0.4, 0.5) is 4.39 Å². The molecule has 1 aromatic carbocycles. The highest BCUT2D eigenvalue weighted by molar-refractivity contribution is 5.94. The zero-order valence-corrected chi connectivity index (χ0v) is 11.4. The molecule has 1 aliphatic carbocycles. The molecule has 5 heteroatoms. The van der Waals surface area contributed by atoms with Gasteiger partial charge < -0.3 is 9.88 Å².